The Labute approximate surface area is 108 Å². The number of hydrogen-bond acceptors (Lipinski definition) is 4. The minimum atomic E-state index is 0.387. The van der Waals surface area contributed by atoms with Crippen molar-refractivity contribution in [3.05, 3.63) is 12.2 Å². The van der Waals surface area contributed by atoms with Crippen molar-refractivity contribution in [3.8, 4) is 0 Å². The van der Waals surface area contributed by atoms with Crippen LogP contribution in [0.2, 0.25) is 0 Å². The van der Waals surface area contributed by atoms with Crippen molar-refractivity contribution in [2.24, 2.45) is 5.92 Å². The van der Waals surface area contributed by atoms with E-state index in [9.17, 15) is 0 Å². The summed E-state index contributed by atoms with van der Waals surface area (Å²) in [5.74, 6) is 1.93. The van der Waals surface area contributed by atoms with Gasteiger partial charge in [-0.3, -0.25) is 0 Å². The highest BCUT2D eigenvalue weighted by Gasteiger charge is 2.37. The third kappa shape index (κ3) is 2.29. The lowest BCUT2D eigenvalue weighted by Crippen LogP contribution is -2.31. The molecule has 1 saturated heterocycles. The largest absolute Gasteiger partial charge is 0.383 e. The second-order valence-electron chi connectivity index (χ2n) is 5.48. The molecule has 3 atom stereocenters. The molecule has 3 rings (SSSR count). The molecule has 3 unspecified atom stereocenters. The van der Waals surface area contributed by atoms with E-state index in [-0.39, 0.29) is 0 Å². The van der Waals surface area contributed by atoms with Gasteiger partial charge in [-0.05, 0) is 25.2 Å². The summed E-state index contributed by atoms with van der Waals surface area (Å²) in [4.78, 5) is 0. The molecule has 5 nitrogen and oxygen atoms in total. The molecule has 1 aliphatic heterocycles. The lowest BCUT2D eigenvalue weighted by Gasteiger charge is -2.24. The molecule has 0 bridgehead atoms. The zero-order valence-electron chi connectivity index (χ0n) is 11.0. The molecule has 2 heterocycles. The summed E-state index contributed by atoms with van der Waals surface area (Å²) in [5, 5.41) is 12.1. The summed E-state index contributed by atoms with van der Waals surface area (Å²) < 4.78 is 7.25. The normalized spacial score (nSPS) is 31.5. The van der Waals surface area contributed by atoms with Crippen LogP contribution in [0.25, 0.3) is 0 Å². The minimum absolute atomic E-state index is 0.387. The molecular weight excluding hydrogens is 228 g/mol. The maximum Gasteiger partial charge on any atom is 0.150 e. The van der Waals surface area contributed by atoms with Gasteiger partial charge in [-0.1, -0.05) is 12.8 Å². The van der Waals surface area contributed by atoms with Crippen LogP contribution >= 0.6 is 0 Å². The Balaban J connectivity index is 1.69. The first-order chi connectivity index (χ1) is 8.88. The number of aromatic nitrogens is 3. The Morgan fingerprint density at radius 3 is 3.17 bits per heavy atom. The highest BCUT2D eigenvalue weighted by atomic mass is 16.5. The van der Waals surface area contributed by atoms with Crippen LogP contribution in [-0.4, -0.2) is 34.5 Å². The Hall–Kier alpha value is -0.940. The average Bonchev–Trinajstić information content (AvgIpc) is 3.01. The lowest BCUT2D eigenvalue weighted by atomic mass is 9.85. The van der Waals surface area contributed by atoms with E-state index in [4.69, 9.17) is 4.74 Å². The van der Waals surface area contributed by atoms with Crippen LogP contribution in [0, 0.1) is 5.92 Å². The highest BCUT2D eigenvalue weighted by Crippen LogP contribution is 2.38. The fraction of sp³-hybridized carbons (Fsp3) is 0.846. The monoisotopic (exact) mass is 250 g/mol. The topological polar surface area (TPSA) is 52.0 Å². The molecule has 1 aromatic rings. The lowest BCUT2D eigenvalue weighted by molar-refractivity contribution is 0.185. The SMILES string of the molecule is COCCn1cnnc1C1CC2CCCCC2N1. The van der Waals surface area contributed by atoms with Crippen molar-refractivity contribution >= 4 is 0 Å². The number of nitrogens with one attached hydrogen (secondary N) is 1. The zero-order chi connectivity index (χ0) is 12.4. The van der Waals surface area contributed by atoms with Gasteiger partial charge in [-0.2, -0.15) is 0 Å². The van der Waals surface area contributed by atoms with Gasteiger partial charge in [0.05, 0.1) is 12.6 Å². The molecule has 1 N–H and O–H groups in total. The summed E-state index contributed by atoms with van der Waals surface area (Å²) in [6, 6.07) is 1.09. The van der Waals surface area contributed by atoms with E-state index < -0.39 is 0 Å². The molecule has 0 radical (unpaired) electrons. The van der Waals surface area contributed by atoms with Gasteiger partial charge in [-0.15, -0.1) is 10.2 Å². The second kappa shape index (κ2) is 5.36. The van der Waals surface area contributed by atoms with Crippen LogP contribution < -0.4 is 5.32 Å². The van der Waals surface area contributed by atoms with Crippen molar-refractivity contribution in [2.75, 3.05) is 13.7 Å². The highest BCUT2D eigenvalue weighted by molar-refractivity contribution is 5.03. The van der Waals surface area contributed by atoms with Crippen LogP contribution in [-0.2, 0) is 11.3 Å². The first-order valence-electron chi connectivity index (χ1n) is 7.01. The molecule has 1 saturated carbocycles. The second-order valence-corrected chi connectivity index (χ2v) is 5.48. The van der Waals surface area contributed by atoms with E-state index in [2.05, 4.69) is 20.1 Å². The first-order valence-corrected chi connectivity index (χ1v) is 7.01. The van der Waals surface area contributed by atoms with Crippen LogP contribution in [0.3, 0.4) is 0 Å². The molecule has 0 amide bonds. The summed E-state index contributed by atoms with van der Waals surface area (Å²) >= 11 is 0. The Bertz CT molecular complexity index is 378. The summed E-state index contributed by atoms with van der Waals surface area (Å²) in [5.41, 5.74) is 0. The molecule has 2 fully saturated rings. The van der Waals surface area contributed by atoms with Gasteiger partial charge in [0.15, 0.2) is 0 Å². The van der Waals surface area contributed by atoms with E-state index in [0.29, 0.717) is 18.7 Å². The number of rotatable bonds is 4. The Morgan fingerprint density at radius 2 is 2.33 bits per heavy atom. The molecule has 0 aromatic carbocycles. The van der Waals surface area contributed by atoms with E-state index >= 15 is 0 Å². The van der Waals surface area contributed by atoms with Gasteiger partial charge < -0.3 is 14.6 Å². The molecule has 1 aliphatic carbocycles. The standard InChI is InChI=1S/C13H22N4O/c1-18-7-6-17-9-14-16-13(17)12-8-10-4-2-3-5-11(10)15-12/h9-12,15H,2-8H2,1H3. The summed E-state index contributed by atoms with van der Waals surface area (Å²) in [7, 11) is 1.73. The van der Waals surface area contributed by atoms with Gasteiger partial charge in [0, 0.05) is 19.7 Å². The summed E-state index contributed by atoms with van der Waals surface area (Å²) in [6.45, 7) is 1.55. The fourth-order valence-electron chi connectivity index (χ4n) is 3.41. The van der Waals surface area contributed by atoms with E-state index in [1.54, 1.807) is 7.11 Å². The maximum absolute atomic E-state index is 5.13. The quantitative estimate of drug-likeness (QED) is 0.880. The van der Waals surface area contributed by atoms with Gasteiger partial charge >= 0.3 is 0 Å². The van der Waals surface area contributed by atoms with E-state index in [1.807, 2.05) is 6.33 Å². The number of ether oxygens (including phenoxy) is 1. The van der Waals surface area contributed by atoms with Gasteiger partial charge in [-0.25, -0.2) is 0 Å². The van der Waals surface area contributed by atoms with Gasteiger partial charge in [0.25, 0.3) is 0 Å². The molecule has 2 aliphatic rings. The molecule has 1 aromatic heterocycles. The molecule has 0 spiro atoms. The maximum atomic E-state index is 5.13. The molecule has 100 valence electrons. The number of methoxy groups -OCH3 is 1. The predicted octanol–water partition coefficient (Wildman–Crippen LogP) is 1.52. The van der Waals surface area contributed by atoms with Gasteiger partial charge in [0.2, 0.25) is 0 Å². The van der Waals surface area contributed by atoms with Crippen molar-refractivity contribution in [1.29, 1.82) is 0 Å². The molecular formula is C13H22N4O. The predicted molar refractivity (Wildman–Crippen MR) is 68.1 cm³/mol. The van der Waals surface area contributed by atoms with Crippen LogP contribution in [0.5, 0.6) is 0 Å². The third-order valence-electron chi connectivity index (χ3n) is 4.36. The average molecular weight is 250 g/mol. The Morgan fingerprint density at radius 1 is 1.44 bits per heavy atom. The van der Waals surface area contributed by atoms with Crippen molar-refractivity contribution in [1.82, 2.24) is 20.1 Å². The fourth-order valence-corrected chi connectivity index (χ4v) is 3.41. The van der Waals surface area contributed by atoms with E-state index in [1.165, 1.54) is 32.1 Å². The smallest absolute Gasteiger partial charge is 0.150 e. The van der Waals surface area contributed by atoms with Crippen LogP contribution in [0.4, 0.5) is 0 Å². The van der Waals surface area contributed by atoms with Crippen molar-refractivity contribution in [3.63, 3.8) is 0 Å². The molecule has 5 heteroatoms. The van der Waals surface area contributed by atoms with Crippen molar-refractivity contribution < 1.29 is 4.74 Å². The third-order valence-corrected chi connectivity index (χ3v) is 4.36. The van der Waals surface area contributed by atoms with E-state index in [0.717, 1.165) is 18.3 Å². The summed E-state index contributed by atoms with van der Waals surface area (Å²) in [6.07, 6.45) is 8.51. The minimum Gasteiger partial charge on any atom is -0.383 e. The van der Waals surface area contributed by atoms with Crippen molar-refractivity contribution in [2.45, 2.75) is 50.7 Å². The zero-order valence-corrected chi connectivity index (χ0v) is 11.0. The number of nitrogens with zero attached hydrogens (tertiary/aromatic N) is 3. The van der Waals surface area contributed by atoms with Crippen LogP contribution in [0.15, 0.2) is 6.33 Å². The Kier molecular flexibility index (Phi) is 3.61. The number of fused-ring (bicyclic) bond motifs is 1. The van der Waals surface area contributed by atoms with Gasteiger partial charge in [0.1, 0.15) is 12.2 Å². The van der Waals surface area contributed by atoms with Crippen LogP contribution in [0.1, 0.15) is 44.0 Å². The number of hydrogen-bond donors (Lipinski definition) is 1. The first kappa shape index (κ1) is 12.1. The molecule has 18 heavy (non-hydrogen) atoms.